The number of aliphatic hydroxyl groups is 2. The molecule has 0 aliphatic heterocycles. The molecule has 3 atom stereocenters. The first kappa shape index (κ1) is 48.9. The Morgan fingerprint density at radius 3 is 1.99 bits per heavy atom. The molecule has 0 bridgehead atoms. The number of phenols is 1. The van der Waals surface area contributed by atoms with E-state index in [0.29, 0.717) is 11.3 Å². The van der Waals surface area contributed by atoms with Crippen molar-refractivity contribution in [3.8, 4) is 16.9 Å². The molecule has 359 valence electrons. The third-order valence-corrected chi connectivity index (χ3v) is 17.8. The molecule has 0 saturated carbocycles. The molecule has 0 fully saturated rings. The first-order chi connectivity index (χ1) is 35.3. The molecule has 73 heavy (non-hydrogen) atoms. The molecule has 12 rings (SSSR count). The molecule has 3 nitrogen and oxygen atoms in total. The van der Waals surface area contributed by atoms with Crippen LogP contribution in [-0.4, -0.2) is 35.2 Å². The molecular formula is C68H58FGeO3. The number of benzene rings is 9. The zero-order valence-corrected chi connectivity index (χ0v) is 44.0. The van der Waals surface area contributed by atoms with Crippen molar-refractivity contribution in [3.63, 3.8) is 0 Å². The fraction of sp³-hybridized carbons (Fsp3) is 0.162. The van der Waals surface area contributed by atoms with Gasteiger partial charge in [0.15, 0.2) is 5.76 Å². The minimum atomic E-state index is -1.13. The van der Waals surface area contributed by atoms with Gasteiger partial charge in [-0.3, -0.25) is 0 Å². The van der Waals surface area contributed by atoms with Crippen LogP contribution in [0.4, 0.5) is 4.39 Å². The first-order valence-electron chi connectivity index (χ1n) is 25.1. The second-order valence-corrected chi connectivity index (χ2v) is 22.8. The number of halogens is 1. The fourth-order valence-corrected chi connectivity index (χ4v) is 12.9. The van der Waals surface area contributed by atoms with Gasteiger partial charge in [0.25, 0.3) is 0 Å². The monoisotopic (exact) mass is 1020 g/mol. The maximum absolute atomic E-state index is 15.3. The number of hydrogen-bond acceptors (Lipinski definition) is 3. The number of aliphatic hydroxyl groups excluding tert-OH is 2. The van der Waals surface area contributed by atoms with E-state index in [-0.39, 0.29) is 22.8 Å². The van der Waals surface area contributed by atoms with Crippen molar-refractivity contribution in [1.82, 2.24) is 0 Å². The van der Waals surface area contributed by atoms with Gasteiger partial charge in [-0.15, -0.1) is 0 Å². The van der Waals surface area contributed by atoms with Crippen molar-refractivity contribution in [3.05, 3.63) is 261 Å². The van der Waals surface area contributed by atoms with Gasteiger partial charge in [0, 0.05) is 21.9 Å². The van der Waals surface area contributed by atoms with Gasteiger partial charge in [-0.1, -0.05) is 128 Å². The molecule has 1 radical (unpaired) electrons. The van der Waals surface area contributed by atoms with Crippen LogP contribution in [-0.2, 0) is 11.8 Å². The summed E-state index contributed by atoms with van der Waals surface area (Å²) in [6.45, 7) is 10.6. The summed E-state index contributed by atoms with van der Waals surface area (Å²) in [4.78, 5) is 2.10. The van der Waals surface area contributed by atoms with E-state index in [1.54, 1.807) is 0 Å². The summed E-state index contributed by atoms with van der Waals surface area (Å²) in [5, 5.41) is 39.7. The normalized spacial score (nSPS) is 17.0. The minimum absolute atomic E-state index is 0.0186. The number of rotatable bonds is 5. The Bertz CT molecular complexity index is 3910. The van der Waals surface area contributed by atoms with Gasteiger partial charge in [0.05, 0.1) is 5.41 Å². The summed E-state index contributed by atoms with van der Waals surface area (Å²) in [7, 11) is 0. The summed E-state index contributed by atoms with van der Waals surface area (Å²) < 4.78 is 15.3. The third kappa shape index (κ3) is 9.59. The van der Waals surface area contributed by atoms with Gasteiger partial charge < -0.3 is 10.2 Å². The van der Waals surface area contributed by atoms with E-state index in [1.165, 1.54) is 27.8 Å². The Morgan fingerprint density at radius 1 is 0.658 bits per heavy atom. The number of alkyl halides is 1. The Labute approximate surface area is 433 Å². The quantitative estimate of drug-likeness (QED) is 0.119. The van der Waals surface area contributed by atoms with E-state index in [4.69, 9.17) is 0 Å². The summed E-state index contributed by atoms with van der Waals surface area (Å²) in [6.07, 6.45) is 8.66. The van der Waals surface area contributed by atoms with E-state index in [0.717, 1.165) is 77.9 Å². The van der Waals surface area contributed by atoms with Gasteiger partial charge in [0.2, 0.25) is 0 Å². The molecule has 3 N–H and O–H groups in total. The van der Waals surface area contributed by atoms with Crippen LogP contribution in [0.3, 0.4) is 0 Å². The minimum Gasteiger partial charge on any atom is -0.511 e. The maximum atomic E-state index is 15.3. The molecule has 3 unspecified atom stereocenters. The van der Waals surface area contributed by atoms with Crippen LogP contribution in [0.5, 0.6) is 5.75 Å². The van der Waals surface area contributed by atoms with Crippen LogP contribution in [0.2, 0.25) is 0 Å². The summed E-state index contributed by atoms with van der Waals surface area (Å²) in [5.41, 5.74) is 15.7. The topological polar surface area (TPSA) is 60.7 Å². The first-order valence-corrected chi connectivity index (χ1v) is 27.5. The molecule has 9 aromatic rings. The van der Waals surface area contributed by atoms with Crippen LogP contribution in [0.15, 0.2) is 211 Å². The molecule has 0 heterocycles. The predicted molar refractivity (Wildman–Crippen MR) is 305 cm³/mol. The van der Waals surface area contributed by atoms with Gasteiger partial charge in [-0.2, -0.15) is 0 Å². The summed E-state index contributed by atoms with van der Waals surface area (Å²) in [6, 6.07) is 61.2. The zero-order chi connectivity index (χ0) is 50.9. The van der Waals surface area contributed by atoms with Crippen molar-refractivity contribution in [2.45, 2.75) is 63.8 Å². The molecule has 0 spiro atoms. The molecule has 9 aromatic carbocycles. The van der Waals surface area contributed by atoms with Crippen LogP contribution in [0.25, 0.3) is 60.8 Å². The van der Waals surface area contributed by atoms with E-state index >= 15 is 4.39 Å². The van der Waals surface area contributed by atoms with Gasteiger partial charge in [0.1, 0.15) is 5.76 Å². The Morgan fingerprint density at radius 2 is 1.25 bits per heavy atom. The third-order valence-electron chi connectivity index (χ3n) is 14.4. The Balaban J connectivity index is 0.000000127. The maximum Gasteiger partial charge on any atom is 0.176 e. The molecule has 0 aromatic heterocycles. The molecule has 5 heteroatoms. The van der Waals surface area contributed by atoms with Gasteiger partial charge in [-0.25, -0.2) is 0 Å². The van der Waals surface area contributed by atoms with E-state index in [1.807, 2.05) is 109 Å². The molecule has 3 aliphatic carbocycles. The number of aromatic hydroxyl groups is 1. The fourth-order valence-electron chi connectivity index (χ4n) is 10.7. The van der Waals surface area contributed by atoms with Crippen molar-refractivity contribution in [2.24, 2.45) is 5.41 Å². The van der Waals surface area contributed by atoms with Crippen molar-refractivity contribution in [2.75, 3.05) is 0 Å². The largest absolute Gasteiger partial charge is 0.511 e. The molecular weight excluding hydrogens is 956 g/mol. The average molecular weight is 1010 g/mol. The van der Waals surface area contributed by atoms with Crippen LogP contribution < -0.4 is 10.4 Å². The van der Waals surface area contributed by atoms with Crippen molar-refractivity contribution in [1.29, 1.82) is 0 Å². The average Bonchev–Trinajstić information content (AvgIpc) is 3.41. The van der Waals surface area contributed by atoms with Gasteiger partial charge in [-0.05, 0) is 81.8 Å². The van der Waals surface area contributed by atoms with Gasteiger partial charge >= 0.3 is 177 Å². The molecule has 0 amide bonds. The smallest absolute Gasteiger partial charge is 0.176 e. The Kier molecular flexibility index (Phi) is 13.7. The van der Waals surface area contributed by atoms with E-state index in [2.05, 4.69) is 142 Å². The molecule has 3 aliphatic rings. The van der Waals surface area contributed by atoms with Crippen LogP contribution in [0.1, 0.15) is 90.9 Å². The number of aryl methyl sites for hydroxylation is 1. The standard InChI is InChI=1S/C26H24FGeO.C22H22O.C20H12O/c1-26(2,3)16-28-25(27)22-15-18-10-5-7-13-20(18)23(24(22)29)21-14-8-11-17-9-4-6-12-19(17)21;1-15-14-21(23)22(2,19-12-6-5-10-17(15)19)20-13-7-9-16-8-3-4-11-18(16)20;21-19-13-12-15-7-2-4-10-17(15)20(19)18-11-5-8-14-6-1-3-9-16(14)18/h4-16,25,29H,1-3H3;4-7,9-15,23H,3,8H2,1-2H3;1-11,21H. The van der Waals surface area contributed by atoms with E-state index in [9.17, 15) is 15.3 Å². The zero-order valence-electron chi connectivity index (χ0n) is 41.9. The van der Waals surface area contributed by atoms with Crippen LogP contribution in [0, 0.1) is 5.41 Å². The second-order valence-electron chi connectivity index (χ2n) is 20.4. The number of hydrogen-bond donors (Lipinski definition) is 3. The van der Waals surface area contributed by atoms with E-state index < -0.39 is 25.4 Å². The summed E-state index contributed by atoms with van der Waals surface area (Å²) >= 11 is -1.00. The molecule has 0 saturated heterocycles. The van der Waals surface area contributed by atoms with Crippen molar-refractivity contribution >= 4 is 69.5 Å². The van der Waals surface area contributed by atoms with Crippen molar-refractivity contribution < 1.29 is 19.7 Å². The number of allylic oxidation sites excluding steroid dienone is 4. The SMILES string of the molecule is CC(C)(C)[CH]=[Ge][CH](F)c1cc2ccccc2c(-c2cccc3ccccc23)c1O.CC1C=C(O)C(C)(c2cccc3c2C=CCC3)c2ccccc21.OC1=C=C=c2ccccc2=C1c1cccc2ccccc12. The predicted octanol–water partition coefficient (Wildman–Crippen LogP) is 15.4. The Hall–Kier alpha value is -7.72. The number of phenolic OH excluding ortho intramolecular Hbond substituents is 1. The summed E-state index contributed by atoms with van der Waals surface area (Å²) in [5.74, 6) is 0.925. The second kappa shape index (κ2) is 20.4. The number of fused-ring (bicyclic) bond motifs is 6. The van der Waals surface area contributed by atoms with Crippen LogP contribution >= 0.6 is 0 Å².